The minimum atomic E-state index is -0.579. The van der Waals surface area contributed by atoms with Crippen molar-refractivity contribution in [1.82, 2.24) is 24.2 Å². The topological polar surface area (TPSA) is 76.2 Å². The maximum absolute atomic E-state index is 13.1. The Balaban J connectivity index is 1.52. The van der Waals surface area contributed by atoms with Crippen LogP contribution in [-0.2, 0) is 24.4 Å². The summed E-state index contributed by atoms with van der Waals surface area (Å²) in [5, 5.41) is 14.2. The van der Waals surface area contributed by atoms with E-state index in [1.165, 1.54) is 0 Å². The standard InChI is InChI=1S/C17H23N5O2/c1-13(23)15-9-14-10-21(6-2-7-22(14)19-15)16(24)17(3-4-17)11-20-8-5-18-12-20/h5,8-9,12-13,23H,2-4,6-7,10-11H2,1H3/t13-/m0/s1. The Hall–Kier alpha value is -2.15. The minimum Gasteiger partial charge on any atom is -0.387 e. The number of aliphatic hydroxyl groups excluding tert-OH is 1. The summed E-state index contributed by atoms with van der Waals surface area (Å²) in [7, 11) is 0. The van der Waals surface area contributed by atoms with Crippen molar-refractivity contribution in [2.45, 2.75) is 51.9 Å². The molecule has 4 rings (SSSR count). The maximum Gasteiger partial charge on any atom is 0.230 e. The second-order valence-electron chi connectivity index (χ2n) is 7.06. The van der Waals surface area contributed by atoms with Crippen molar-refractivity contribution < 1.29 is 9.90 Å². The lowest BCUT2D eigenvalue weighted by molar-refractivity contribution is -0.138. The van der Waals surface area contributed by atoms with E-state index in [9.17, 15) is 9.90 Å². The third-order valence-electron chi connectivity index (χ3n) is 5.10. The molecule has 1 aliphatic carbocycles. The number of carbonyl (C=O) groups excluding carboxylic acids is 1. The molecule has 0 aromatic carbocycles. The number of amides is 1. The Morgan fingerprint density at radius 1 is 1.42 bits per heavy atom. The second kappa shape index (κ2) is 5.73. The highest BCUT2D eigenvalue weighted by molar-refractivity contribution is 5.85. The molecule has 7 nitrogen and oxygen atoms in total. The first-order valence-corrected chi connectivity index (χ1v) is 8.57. The van der Waals surface area contributed by atoms with Crippen molar-refractivity contribution >= 4 is 5.91 Å². The van der Waals surface area contributed by atoms with Gasteiger partial charge >= 0.3 is 0 Å². The fraction of sp³-hybridized carbons (Fsp3) is 0.588. The van der Waals surface area contributed by atoms with Crippen LogP contribution in [0.2, 0.25) is 0 Å². The van der Waals surface area contributed by atoms with E-state index < -0.39 is 6.10 Å². The number of hydrogen-bond acceptors (Lipinski definition) is 4. The predicted molar refractivity (Wildman–Crippen MR) is 86.8 cm³/mol. The molecule has 1 saturated carbocycles. The number of fused-ring (bicyclic) bond motifs is 1. The second-order valence-corrected chi connectivity index (χ2v) is 7.06. The van der Waals surface area contributed by atoms with Gasteiger partial charge in [0, 0.05) is 32.0 Å². The molecular weight excluding hydrogens is 306 g/mol. The summed E-state index contributed by atoms with van der Waals surface area (Å²) in [6, 6.07) is 1.92. The number of hydrogen-bond donors (Lipinski definition) is 1. The van der Waals surface area contributed by atoms with Gasteiger partial charge in [0.05, 0.1) is 35.8 Å². The summed E-state index contributed by atoms with van der Waals surface area (Å²) < 4.78 is 3.93. The van der Waals surface area contributed by atoms with E-state index >= 15 is 0 Å². The van der Waals surface area contributed by atoms with Crippen LogP contribution in [0.5, 0.6) is 0 Å². The molecule has 3 heterocycles. The van der Waals surface area contributed by atoms with Crippen LogP contribution in [0.15, 0.2) is 24.8 Å². The van der Waals surface area contributed by atoms with Crippen LogP contribution >= 0.6 is 0 Å². The maximum atomic E-state index is 13.1. The van der Waals surface area contributed by atoms with Crippen LogP contribution in [0.1, 0.15) is 43.7 Å². The summed E-state index contributed by atoms with van der Waals surface area (Å²) in [5.41, 5.74) is 1.43. The van der Waals surface area contributed by atoms with E-state index in [4.69, 9.17) is 0 Å². The van der Waals surface area contributed by atoms with Gasteiger partial charge in [0.25, 0.3) is 0 Å². The third kappa shape index (κ3) is 2.73. The zero-order valence-electron chi connectivity index (χ0n) is 13.9. The van der Waals surface area contributed by atoms with E-state index in [-0.39, 0.29) is 11.3 Å². The highest BCUT2D eigenvalue weighted by Crippen LogP contribution is 2.49. The van der Waals surface area contributed by atoms with Crippen LogP contribution in [0.25, 0.3) is 0 Å². The molecule has 1 fully saturated rings. The Bertz CT molecular complexity index is 730. The lowest BCUT2D eigenvalue weighted by atomic mass is 10.0. The SMILES string of the molecule is C[C@H](O)c1cc2n(n1)CCCN(C(=O)C1(Cn3ccnc3)CC1)C2. The van der Waals surface area contributed by atoms with Gasteiger partial charge in [-0.2, -0.15) is 5.10 Å². The average Bonchev–Trinajstić information content (AvgIpc) is 3.02. The summed E-state index contributed by atoms with van der Waals surface area (Å²) in [6.45, 7) is 4.55. The number of nitrogens with zero attached hydrogens (tertiary/aromatic N) is 5. The summed E-state index contributed by atoms with van der Waals surface area (Å²) in [6.07, 6.45) is 7.64. The van der Waals surface area contributed by atoms with Crippen molar-refractivity contribution in [3.8, 4) is 0 Å². The summed E-state index contributed by atoms with van der Waals surface area (Å²) in [5.74, 6) is 0.240. The van der Waals surface area contributed by atoms with E-state index in [0.29, 0.717) is 18.8 Å². The van der Waals surface area contributed by atoms with Gasteiger partial charge in [-0.1, -0.05) is 0 Å². The Kier molecular flexibility index (Phi) is 3.68. The average molecular weight is 329 g/mol. The van der Waals surface area contributed by atoms with Gasteiger partial charge in [0.2, 0.25) is 5.91 Å². The number of aryl methyl sites for hydroxylation is 1. The lowest BCUT2D eigenvalue weighted by Crippen LogP contribution is -2.38. The first kappa shape index (κ1) is 15.4. The van der Waals surface area contributed by atoms with E-state index in [1.807, 2.05) is 26.4 Å². The van der Waals surface area contributed by atoms with Crippen LogP contribution in [0.3, 0.4) is 0 Å². The predicted octanol–water partition coefficient (Wildman–Crippen LogP) is 1.35. The van der Waals surface area contributed by atoms with Crippen LogP contribution < -0.4 is 0 Å². The third-order valence-corrected chi connectivity index (χ3v) is 5.10. The molecule has 24 heavy (non-hydrogen) atoms. The van der Waals surface area contributed by atoms with E-state index in [1.54, 1.807) is 19.4 Å². The first-order valence-electron chi connectivity index (χ1n) is 8.57. The number of aliphatic hydroxyl groups is 1. The monoisotopic (exact) mass is 329 g/mol. The summed E-state index contributed by atoms with van der Waals surface area (Å²) in [4.78, 5) is 19.2. The van der Waals surface area contributed by atoms with E-state index in [0.717, 1.165) is 38.0 Å². The molecule has 128 valence electrons. The number of rotatable bonds is 4. The Morgan fingerprint density at radius 2 is 2.25 bits per heavy atom. The zero-order valence-corrected chi connectivity index (χ0v) is 13.9. The number of aromatic nitrogens is 4. The number of imidazole rings is 1. The molecule has 0 bridgehead atoms. The fourth-order valence-corrected chi connectivity index (χ4v) is 3.52. The van der Waals surface area contributed by atoms with Crippen LogP contribution in [0.4, 0.5) is 0 Å². The highest BCUT2D eigenvalue weighted by atomic mass is 16.3. The van der Waals surface area contributed by atoms with Gasteiger partial charge in [-0.25, -0.2) is 4.98 Å². The summed E-state index contributed by atoms with van der Waals surface area (Å²) >= 11 is 0. The molecule has 7 heteroatoms. The molecule has 0 radical (unpaired) electrons. The first-order chi connectivity index (χ1) is 11.6. The quantitative estimate of drug-likeness (QED) is 0.918. The van der Waals surface area contributed by atoms with Crippen molar-refractivity contribution in [1.29, 1.82) is 0 Å². The van der Waals surface area contributed by atoms with Gasteiger partial charge in [-0.3, -0.25) is 9.48 Å². The van der Waals surface area contributed by atoms with Crippen molar-refractivity contribution in [2.24, 2.45) is 5.41 Å². The smallest absolute Gasteiger partial charge is 0.230 e. The van der Waals surface area contributed by atoms with E-state index in [2.05, 4.69) is 10.1 Å². The lowest BCUT2D eigenvalue weighted by Gasteiger charge is -2.26. The Morgan fingerprint density at radius 3 is 2.92 bits per heavy atom. The van der Waals surface area contributed by atoms with Gasteiger partial charge in [-0.15, -0.1) is 0 Å². The molecule has 2 aliphatic rings. The minimum absolute atomic E-state index is 0.240. The normalized spacial score (nSPS) is 20.3. The molecule has 1 atom stereocenters. The zero-order chi connectivity index (χ0) is 16.7. The molecule has 2 aromatic rings. The van der Waals surface area contributed by atoms with Gasteiger partial charge in [-0.05, 0) is 32.3 Å². The van der Waals surface area contributed by atoms with Crippen LogP contribution in [-0.4, -0.2) is 41.8 Å². The van der Waals surface area contributed by atoms with Gasteiger partial charge in [0.15, 0.2) is 0 Å². The van der Waals surface area contributed by atoms with Gasteiger partial charge in [0.1, 0.15) is 0 Å². The molecule has 0 saturated heterocycles. The number of carbonyl (C=O) groups is 1. The van der Waals surface area contributed by atoms with Crippen molar-refractivity contribution in [3.63, 3.8) is 0 Å². The van der Waals surface area contributed by atoms with Crippen molar-refractivity contribution in [2.75, 3.05) is 6.54 Å². The van der Waals surface area contributed by atoms with Crippen molar-refractivity contribution in [3.05, 3.63) is 36.2 Å². The Labute approximate surface area is 140 Å². The molecule has 1 N–H and O–H groups in total. The van der Waals surface area contributed by atoms with Crippen LogP contribution in [0, 0.1) is 5.41 Å². The fourth-order valence-electron chi connectivity index (χ4n) is 3.52. The largest absolute Gasteiger partial charge is 0.387 e. The molecular formula is C17H23N5O2. The molecule has 2 aromatic heterocycles. The molecule has 0 spiro atoms. The molecule has 0 unspecified atom stereocenters. The van der Waals surface area contributed by atoms with Gasteiger partial charge < -0.3 is 14.6 Å². The highest BCUT2D eigenvalue weighted by Gasteiger charge is 2.52. The molecule has 1 aliphatic heterocycles. The molecule has 1 amide bonds.